The van der Waals surface area contributed by atoms with E-state index in [-0.39, 0.29) is 24.9 Å². The summed E-state index contributed by atoms with van der Waals surface area (Å²) in [4.78, 5) is 29.4. The number of nitrogens with two attached hydrogens (primary N) is 1. The lowest BCUT2D eigenvalue weighted by molar-refractivity contribution is -0.154. The number of carbonyl (C=O) groups is 2. The van der Waals surface area contributed by atoms with E-state index in [1.165, 1.54) is 0 Å². The number of fused-ring (bicyclic) bond motifs is 1. The summed E-state index contributed by atoms with van der Waals surface area (Å²) in [6.07, 6.45) is 3.87. The Bertz CT molecular complexity index is 1100. The van der Waals surface area contributed by atoms with Gasteiger partial charge in [-0.15, -0.1) is 0 Å². The molecule has 3 aromatic rings. The lowest BCUT2D eigenvalue weighted by Gasteiger charge is -2.19. The quantitative estimate of drug-likeness (QED) is 0.572. The Morgan fingerprint density at radius 3 is 2.48 bits per heavy atom. The van der Waals surface area contributed by atoms with Gasteiger partial charge in [0.15, 0.2) is 0 Å². The molecule has 0 radical (unpaired) electrons. The second-order valence-electron chi connectivity index (χ2n) is 9.01. The molecule has 0 saturated carbocycles. The van der Waals surface area contributed by atoms with Crippen molar-refractivity contribution in [3.8, 4) is 0 Å². The van der Waals surface area contributed by atoms with E-state index in [0.29, 0.717) is 6.42 Å². The number of esters is 1. The molecular weight excluding hydrogens is 388 g/mol. The van der Waals surface area contributed by atoms with E-state index in [9.17, 15) is 9.59 Å². The monoisotopic (exact) mass is 418 g/mol. The van der Waals surface area contributed by atoms with Gasteiger partial charge in [0, 0.05) is 30.7 Å². The molecule has 0 aliphatic rings. The molecule has 5 heteroatoms. The standard InChI is InChI=1S/C26H30N2O3/c1-17-5-6-19(16-31-25(30)26(2,3)4)12-22(17)23(14-27)24(29)13-18-7-8-21-15-28-10-9-20(21)11-18/h5-12,15,23H,13-14,16,27H2,1-4H3. The fraction of sp³-hybridized carbons (Fsp3) is 0.346. The Morgan fingerprint density at radius 1 is 1.03 bits per heavy atom. The predicted molar refractivity (Wildman–Crippen MR) is 123 cm³/mol. The van der Waals surface area contributed by atoms with E-state index in [0.717, 1.165) is 33.0 Å². The van der Waals surface area contributed by atoms with Gasteiger partial charge in [-0.05, 0) is 61.4 Å². The summed E-state index contributed by atoms with van der Waals surface area (Å²) >= 11 is 0. The van der Waals surface area contributed by atoms with E-state index in [1.807, 2.05) is 76.4 Å². The number of ether oxygens (including phenoxy) is 1. The number of hydrogen-bond donors (Lipinski definition) is 1. The number of aromatic nitrogens is 1. The third-order valence-electron chi connectivity index (χ3n) is 5.41. The van der Waals surface area contributed by atoms with Gasteiger partial charge in [-0.3, -0.25) is 14.6 Å². The molecule has 31 heavy (non-hydrogen) atoms. The zero-order valence-corrected chi connectivity index (χ0v) is 18.6. The van der Waals surface area contributed by atoms with Crippen molar-refractivity contribution in [3.05, 3.63) is 77.1 Å². The van der Waals surface area contributed by atoms with Gasteiger partial charge in [0.1, 0.15) is 12.4 Å². The molecular formula is C26H30N2O3. The van der Waals surface area contributed by atoms with E-state index in [2.05, 4.69) is 4.98 Å². The Labute approximate surface area is 183 Å². The highest BCUT2D eigenvalue weighted by molar-refractivity contribution is 5.90. The van der Waals surface area contributed by atoms with Crippen molar-refractivity contribution in [1.29, 1.82) is 0 Å². The van der Waals surface area contributed by atoms with E-state index in [1.54, 1.807) is 6.20 Å². The summed E-state index contributed by atoms with van der Waals surface area (Å²) in [5, 5.41) is 2.10. The first-order valence-electron chi connectivity index (χ1n) is 10.5. The second-order valence-corrected chi connectivity index (χ2v) is 9.01. The number of hydrogen-bond acceptors (Lipinski definition) is 5. The fourth-order valence-electron chi connectivity index (χ4n) is 3.52. The Hall–Kier alpha value is -3.05. The van der Waals surface area contributed by atoms with Crippen LogP contribution in [0, 0.1) is 12.3 Å². The van der Waals surface area contributed by atoms with Crippen molar-refractivity contribution < 1.29 is 14.3 Å². The lowest BCUT2D eigenvalue weighted by atomic mass is 9.87. The minimum absolute atomic E-state index is 0.0721. The average Bonchev–Trinajstić information content (AvgIpc) is 2.73. The molecule has 0 saturated heterocycles. The van der Waals surface area contributed by atoms with Gasteiger partial charge in [-0.2, -0.15) is 0 Å². The number of pyridine rings is 1. The minimum atomic E-state index is -0.556. The van der Waals surface area contributed by atoms with Crippen molar-refractivity contribution in [3.63, 3.8) is 0 Å². The summed E-state index contributed by atoms with van der Waals surface area (Å²) in [5.74, 6) is -0.596. The summed E-state index contributed by atoms with van der Waals surface area (Å²) in [7, 11) is 0. The largest absolute Gasteiger partial charge is 0.460 e. The van der Waals surface area contributed by atoms with Crippen LogP contribution < -0.4 is 5.73 Å². The molecule has 0 aliphatic heterocycles. The van der Waals surface area contributed by atoms with E-state index >= 15 is 0 Å². The molecule has 2 aromatic carbocycles. The Balaban J connectivity index is 1.78. The van der Waals surface area contributed by atoms with Crippen LogP contribution in [0.2, 0.25) is 0 Å². The molecule has 1 unspecified atom stereocenters. The van der Waals surface area contributed by atoms with Gasteiger partial charge in [-0.1, -0.05) is 36.4 Å². The zero-order valence-electron chi connectivity index (χ0n) is 18.6. The molecule has 5 nitrogen and oxygen atoms in total. The van der Waals surface area contributed by atoms with Crippen LogP contribution in [0.15, 0.2) is 54.9 Å². The maximum Gasteiger partial charge on any atom is 0.311 e. The molecule has 0 aliphatic carbocycles. The number of carbonyl (C=O) groups excluding carboxylic acids is 2. The van der Waals surface area contributed by atoms with Crippen molar-refractivity contribution in [2.45, 2.75) is 46.6 Å². The van der Waals surface area contributed by atoms with Crippen LogP contribution in [0.4, 0.5) is 0 Å². The molecule has 162 valence electrons. The molecule has 1 aromatic heterocycles. The van der Waals surface area contributed by atoms with Gasteiger partial charge in [0.25, 0.3) is 0 Å². The SMILES string of the molecule is Cc1ccc(COC(=O)C(C)(C)C)cc1C(CN)C(=O)Cc1ccc2cnccc2c1. The topological polar surface area (TPSA) is 82.3 Å². The van der Waals surface area contributed by atoms with Crippen LogP contribution >= 0.6 is 0 Å². The maximum atomic E-state index is 13.2. The van der Waals surface area contributed by atoms with E-state index < -0.39 is 11.3 Å². The predicted octanol–water partition coefficient (Wildman–Crippen LogP) is 4.49. The minimum Gasteiger partial charge on any atom is -0.460 e. The number of ketones is 1. The highest BCUT2D eigenvalue weighted by Gasteiger charge is 2.24. The number of aryl methyl sites for hydroxylation is 1. The summed E-state index contributed by atoms with van der Waals surface area (Å²) in [6.45, 7) is 7.84. The first-order chi connectivity index (χ1) is 14.7. The van der Waals surface area contributed by atoms with Crippen LogP contribution in [0.5, 0.6) is 0 Å². The van der Waals surface area contributed by atoms with Gasteiger partial charge < -0.3 is 10.5 Å². The maximum absolute atomic E-state index is 13.2. The summed E-state index contributed by atoms with van der Waals surface area (Å²) < 4.78 is 5.44. The number of nitrogens with zero attached hydrogens (tertiary/aromatic N) is 1. The number of benzene rings is 2. The lowest BCUT2D eigenvalue weighted by Crippen LogP contribution is -2.24. The number of rotatable bonds is 7. The van der Waals surface area contributed by atoms with E-state index in [4.69, 9.17) is 10.5 Å². The molecule has 0 fully saturated rings. The van der Waals surface area contributed by atoms with Crippen molar-refractivity contribution in [1.82, 2.24) is 4.98 Å². The van der Waals surface area contributed by atoms with Gasteiger partial charge in [-0.25, -0.2) is 0 Å². The van der Waals surface area contributed by atoms with Crippen molar-refractivity contribution in [2.24, 2.45) is 11.1 Å². The molecule has 2 N–H and O–H groups in total. The normalized spacial score (nSPS) is 12.5. The molecule has 0 bridgehead atoms. The second kappa shape index (κ2) is 9.40. The molecule has 3 rings (SSSR count). The Morgan fingerprint density at radius 2 is 1.77 bits per heavy atom. The molecule has 1 heterocycles. The molecule has 0 spiro atoms. The zero-order chi connectivity index (χ0) is 22.6. The van der Waals surface area contributed by atoms with Crippen LogP contribution in [-0.2, 0) is 27.4 Å². The smallest absolute Gasteiger partial charge is 0.311 e. The van der Waals surface area contributed by atoms with Gasteiger partial charge in [0.2, 0.25) is 0 Å². The van der Waals surface area contributed by atoms with Gasteiger partial charge >= 0.3 is 5.97 Å². The Kier molecular flexibility index (Phi) is 6.86. The van der Waals surface area contributed by atoms with Crippen LogP contribution in [-0.4, -0.2) is 23.3 Å². The molecule has 0 amide bonds. The van der Waals surface area contributed by atoms with Crippen LogP contribution in [0.1, 0.15) is 48.9 Å². The fourth-order valence-corrected chi connectivity index (χ4v) is 3.52. The first-order valence-corrected chi connectivity index (χ1v) is 10.5. The summed E-state index contributed by atoms with van der Waals surface area (Å²) in [6, 6.07) is 13.7. The van der Waals surface area contributed by atoms with Crippen molar-refractivity contribution in [2.75, 3.05) is 6.54 Å². The average molecular weight is 419 g/mol. The summed E-state index contributed by atoms with van der Waals surface area (Å²) in [5.41, 5.74) is 9.17. The first kappa shape index (κ1) is 22.6. The molecule has 1 atom stereocenters. The third-order valence-corrected chi connectivity index (χ3v) is 5.41. The van der Waals surface area contributed by atoms with Crippen LogP contribution in [0.25, 0.3) is 10.8 Å². The van der Waals surface area contributed by atoms with Crippen LogP contribution in [0.3, 0.4) is 0 Å². The van der Waals surface area contributed by atoms with Gasteiger partial charge in [0.05, 0.1) is 11.3 Å². The third kappa shape index (κ3) is 5.56. The highest BCUT2D eigenvalue weighted by atomic mass is 16.5. The highest BCUT2D eigenvalue weighted by Crippen LogP contribution is 2.25. The number of Topliss-reactive ketones (excluding diaryl/α,β-unsaturated/α-hetero) is 1. The van der Waals surface area contributed by atoms with Crippen molar-refractivity contribution >= 4 is 22.5 Å².